The molecular weight excluding hydrogens is 330 g/mol. The monoisotopic (exact) mass is 345 g/mol. The van der Waals surface area contributed by atoms with Crippen LogP contribution in [-0.2, 0) is 20.7 Å². The van der Waals surface area contributed by atoms with Gasteiger partial charge in [0.25, 0.3) is 0 Å². The van der Waals surface area contributed by atoms with Crippen molar-refractivity contribution >= 4 is 34.9 Å². The van der Waals surface area contributed by atoms with Gasteiger partial charge in [-0.25, -0.2) is 0 Å². The molecule has 0 radical (unpaired) electrons. The normalized spacial score (nSPS) is 10.1. The van der Waals surface area contributed by atoms with Crippen molar-refractivity contribution in [2.45, 2.75) is 13.3 Å². The van der Waals surface area contributed by atoms with Crippen molar-refractivity contribution in [2.75, 3.05) is 11.9 Å². The van der Waals surface area contributed by atoms with E-state index in [0.29, 0.717) is 16.3 Å². The van der Waals surface area contributed by atoms with Crippen molar-refractivity contribution in [2.24, 2.45) is 0 Å². The fourth-order valence-corrected chi connectivity index (χ4v) is 2.12. The van der Waals surface area contributed by atoms with Crippen LogP contribution in [0, 0.1) is 0 Å². The Bertz CT molecular complexity index is 739. The number of rotatable bonds is 6. The third kappa shape index (κ3) is 5.52. The van der Waals surface area contributed by atoms with E-state index in [9.17, 15) is 14.4 Å². The summed E-state index contributed by atoms with van der Waals surface area (Å²) in [6.45, 7) is 1.07. The topological polar surface area (TPSA) is 72.5 Å². The van der Waals surface area contributed by atoms with Crippen LogP contribution in [0.15, 0.2) is 48.5 Å². The second kappa shape index (κ2) is 8.26. The molecule has 0 unspecified atom stereocenters. The standard InChI is InChI=1S/C18H16ClNO4/c1-12(21)20-16-8-4-14(5-9-16)17(22)11-24-18(23)10-13-2-6-15(19)7-3-13/h2-9H,10-11H2,1H3,(H,20,21). The molecule has 0 saturated carbocycles. The van der Waals surface area contributed by atoms with Gasteiger partial charge in [0.2, 0.25) is 5.91 Å². The fraction of sp³-hybridized carbons (Fsp3) is 0.167. The van der Waals surface area contributed by atoms with Crippen molar-refractivity contribution in [3.05, 3.63) is 64.7 Å². The van der Waals surface area contributed by atoms with Crippen molar-refractivity contribution < 1.29 is 19.1 Å². The van der Waals surface area contributed by atoms with E-state index in [1.54, 1.807) is 48.5 Å². The third-order valence-corrected chi connectivity index (χ3v) is 3.41. The minimum atomic E-state index is -0.486. The van der Waals surface area contributed by atoms with Crippen molar-refractivity contribution in [3.63, 3.8) is 0 Å². The molecule has 0 aromatic heterocycles. The molecule has 0 aliphatic carbocycles. The van der Waals surface area contributed by atoms with Gasteiger partial charge in [0.1, 0.15) is 0 Å². The molecule has 124 valence electrons. The molecule has 1 amide bonds. The van der Waals surface area contributed by atoms with Crippen LogP contribution < -0.4 is 5.32 Å². The van der Waals surface area contributed by atoms with Crippen LogP contribution in [0.25, 0.3) is 0 Å². The first-order chi connectivity index (χ1) is 11.4. The largest absolute Gasteiger partial charge is 0.457 e. The van der Waals surface area contributed by atoms with Crippen molar-refractivity contribution in [1.29, 1.82) is 0 Å². The quantitative estimate of drug-likeness (QED) is 0.644. The summed E-state index contributed by atoms with van der Waals surface area (Å²) in [5.74, 6) is -0.987. The molecule has 6 heteroatoms. The first-order valence-electron chi connectivity index (χ1n) is 7.25. The van der Waals surface area contributed by atoms with E-state index in [0.717, 1.165) is 5.56 Å². The number of esters is 1. The van der Waals surface area contributed by atoms with E-state index in [-0.39, 0.29) is 24.7 Å². The van der Waals surface area contributed by atoms with Gasteiger partial charge in [0, 0.05) is 23.2 Å². The van der Waals surface area contributed by atoms with Gasteiger partial charge in [-0.05, 0) is 42.0 Å². The molecule has 0 heterocycles. The molecule has 2 rings (SSSR count). The zero-order chi connectivity index (χ0) is 17.5. The number of halogens is 1. The summed E-state index contributed by atoms with van der Waals surface area (Å²) in [5, 5.41) is 3.20. The molecule has 0 spiro atoms. The molecular formula is C18H16ClNO4. The van der Waals surface area contributed by atoms with Gasteiger partial charge in [-0.2, -0.15) is 0 Å². The van der Waals surface area contributed by atoms with Crippen LogP contribution in [0.2, 0.25) is 5.02 Å². The van der Waals surface area contributed by atoms with E-state index >= 15 is 0 Å². The van der Waals surface area contributed by atoms with E-state index in [2.05, 4.69) is 5.32 Å². The molecule has 0 fully saturated rings. The lowest BCUT2D eigenvalue weighted by Gasteiger charge is -2.06. The number of carbonyl (C=O) groups is 3. The van der Waals surface area contributed by atoms with E-state index < -0.39 is 5.97 Å². The van der Waals surface area contributed by atoms with Gasteiger partial charge in [0.05, 0.1) is 6.42 Å². The summed E-state index contributed by atoms with van der Waals surface area (Å²) in [7, 11) is 0. The van der Waals surface area contributed by atoms with Gasteiger partial charge >= 0.3 is 5.97 Å². The molecule has 0 aliphatic heterocycles. The van der Waals surface area contributed by atoms with E-state index in [4.69, 9.17) is 16.3 Å². The van der Waals surface area contributed by atoms with Crippen LogP contribution >= 0.6 is 11.6 Å². The third-order valence-electron chi connectivity index (χ3n) is 3.15. The molecule has 0 atom stereocenters. The van der Waals surface area contributed by atoms with E-state index in [1.165, 1.54) is 6.92 Å². The Balaban J connectivity index is 1.84. The second-order valence-corrected chi connectivity index (χ2v) is 5.58. The minimum Gasteiger partial charge on any atom is -0.457 e. The number of carbonyl (C=O) groups excluding carboxylic acids is 3. The van der Waals surface area contributed by atoms with Crippen LogP contribution in [0.5, 0.6) is 0 Å². The Morgan fingerprint density at radius 3 is 2.21 bits per heavy atom. The molecule has 2 aromatic carbocycles. The zero-order valence-corrected chi connectivity index (χ0v) is 13.8. The van der Waals surface area contributed by atoms with Gasteiger partial charge < -0.3 is 10.1 Å². The van der Waals surface area contributed by atoms with Crippen LogP contribution in [0.4, 0.5) is 5.69 Å². The first-order valence-corrected chi connectivity index (χ1v) is 7.63. The maximum absolute atomic E-state index is 12.0. The Morgan fingerprint density at radius 1 is 1.00 bits per heavy atom. The molecule has 5 nitrogen and oxygen atoms in total. The summed E-state index contributed by atoms with van der Waals surface area (Å²) in [5.41, 5.74) is 1.76. The fourth-order valence-electron chi connectivity index (χ4n) is 1.99. The molecule has 24 heavy (non-hydrogen) atoms. The molecule has 0 saturated heterocycles. The number of amides is 1. The molecule has 0 aliphatic rings. The summed E-state index contributed by atoms with van der Waals surface area (Å²) in [6, 6.07) is 13.2. The highest BCUT2D eigenvalue weighted by molar-refractivity contribution is 6.30. The number of anilines is 1. The SMILES string of the molecule is CC(=O)Nc1ccc(C(=O)COC(=O)Cc2ccc(Cl)cc2)cc1. The van der Waals surface area contributed by atoms with Gasteiger partial charge in [-0.15, -0.1) is 0 Å². The first kappa shape index (κ1) is 17.7. The number of benzene rings is 2. The lowest BCUT2D eigenvalue weighted by molar-refractivity contribution is -0.141. The number of ketones is 1. The number of nitrogens with one attached hydrogen (secondary N) is 1. The van der Waals surface area contributed by atoms with E-state index in [1.807, 2.05) is 0 Å². The van der Waals surface area contributed by atoms with Gasteiger partial charge in [0.15, 0.2) is 12.4 Å². The van der Waals surface area contributed by atoms with Gasteiger partial charge in [-0.3, -0.25) is 14.4 Å². The average Bonchev–Trinajstić information content (AvgIpc) is 2.55. The Kier molecular flexibility index (Phi) is 6.09. The number of ether oxygens (including phenoxy) is 1. The van der Waals surface area contributed by atoms with Crippen molar-refractivity contribution in [3.8, 4) is 0 Å². The summed E-state index contributed by atoms with van der Waals surface area (Å²) in [6.07, 6.45) is 0.0753. The predicted octanol–water partition coefficient (Wildman–Crippen LogP) is 3.27. The highest BCUT2D eigenvalue weighted by Crippen LogP contribution is 2.12. The summed E-state index contributed by atoms with van der Waals surface area (Å²) >= 11 is 5.77. The maximum atomic E-state index is 12.0. The summed E-state index contributed by atoms with van der Waals surface area (Å²) < 4.78 is 5.00. The molecule has 2 aromatic rings. The Labute approximate surface area is 144 Å². The van der Waals surface area contributed by atoms with Gasteiger partial charge in [-0.1, -0.05) is 23.7 Å². The summed E-state index contributed by atoms with van der Waals surface area (Å²) in [4.78, 5) is 34.7. The number of Topliss-reactive ketones (excluding diaryl/α,β-unsaturated/α-hetero) is 1. The predicted molar refractivity (Wildman–Crippen MR) is 91.2 cm³/mol. The zero-order valence-electron chi connectivity index (χ0n) is 13.0. The highest BCUT2D eigenvalue weighted by atomic mass is 35.5. The number of hydrogen-bond acceptors (Lipinski definition) is 4. The average molecular weight is 346 g/mol. The highest BCUT2D eigenvalue weighted by Gasteiger charge is 2.11. The number of hydrogen-bond donors (Lipinski definition) is 1. The Morgan fingerprint density at radius 2 is 1.62 bits per heavy atom. The van der Waals surface area contributed by atoms with Crippen molar-refractivity contribution in [1.82, 2.24) is 0 Å². The lowest BCUT2D eigenvalue weighted by Crippen LogP contribution is -2.15. The van der Waals surface area contributed by atoms with Crippen LogP contribution in [0.1, 0.15) is 22.8 Å². The maximum Gasteiger partial charge on any atom is 0.310 e. The van der Waals surface area contributed by atoms with Crippen LogP contribution in [0.3, 0.4) is 0 Å². The molecule has 1 N–H and O–H groups in total. The van der Waals surface area contributed by atoms with Crippen LogP contribution in [-0.4, -0.2) is 24.3 Å². The molecule has 0 bridgehead atoms. The Hall–Kier alpha value is -2.66. The lowest BCUT2D eigenvalue weighted by atomic mass is 10.1. The minimum absolute atomic E-state index is 0.0753. The second-order valence-electron chi connectivity index (χ2n) is 5.15. The smallest absolute Gasteiger partial charge is 0.310 e.